The number of hydrogen-bond donors (Lipinski definition) is 3. The first-order valence-corrected chi connectivity index (χ1v) is 15.6. The Kier molecular flexibility index (Phi) is 15.4. The van der Waals surface area contributed by atoms with Crippen molar-refractivity contribution in [1.82, 2.24) is 19.8 Å². The Hall–Kier alpha value is -3.49. The van der Waals surface area contributed by atoms with Gasteiger partial charge in [0.05, 0.1) is 5.69 Å². The highest BCUT2D eigenvalue weighted by Crippen LogP contribution is 2.36. The molecular formula is C34H50N6O2. The van der Waals surface area contributed by atoms with Crippen molar-refractivity contribution in [1.29, 1.82) is 0 Å². The number of nitrogens with one attached hydrogen (secondary N) is 1. The molecule has 42 heavy (non-hydrogen) atoms. The molecule has 2 aromatic heterocycles. The van der Waals surface area contributed by atoms with Crippen LogP contribution in [-0.2, 0) is 13.1 Å². The average molecular weight is 575 g/mol. The summed E-state index contributed by atoms with van der Waals surface area (Å²) in [6.07, 6.45) is 17.9. The van der Waals surface area contributed by atoms with Gasteiger partial charge in [0.1, 0.15) is 17.2 Å². The summed E-state index contributed by atoms with van der Waals surface area (Å²) in [5.41, 5.74) is 3.55. The van der Waals surface area contributed by atoms with Gasteiger partial charge in [0.15, 0.2) is 0 Å². The van der Waals surface area contributed by atoms with E-state index in [4.69, 9.17) is 0 Å². The van der Waals surface area contributed by atoms with Gasteiger partial charge in [-0.05, 0) is 93.7 Å². The number of aromatic hydroxyl groups is 2. The third kappa shape index (κ3) is 12.6. The van der Waals surface area contributed by atoms with Crippen LogP contribution in [0.2, 0.25) is 0 Å². The molecule has 2 heterocycles. The first-order valence-electron chi connectivity index (χ1n) is 15.6. The molecule has 8 nitrogen and oxygen atoms in total. The zero-order valence-electron chi connectivity index (χ0n) is 25.6. The summed E-state index contributed by atoms with van der Waals surface area (Å²) in [5, 5.41) is 24.2. The third-order valence-corrected chi connectivity index (χ3v) is 7.55. The number of phenolic OH excluding ortho intramolecular Hbond substituents is 2. The van der Waals surface area contributed by atoms with Crippen LogP contribution in [0.4, 0.5) is 11.4 Å². The van der Waals surface area contributed by atoms with Gasteiger partial charge < -0.3 is 15.5 Å². The van der Waals surface area contributed by atoms with Gasteiger partial charge >= 0.3 is 0 Å². The van der Waals surface area contributed by atoms with E-state index < -0.39 is 0 Å². The monoisotopic (exact) mass is 574 g/mol. The van der Waals surface area contributed by atoms with Crippen molar-refractivity contribution in [3.63, 3.8) is 0 Å². The van der Waals surface area contributed by atoms with Crippen LogP contribution in [0.25, 0.3) is 0 Å². The highest BCUT2D eigenvalue weighted by Gasteiger charge is 2.08. The van der Waals surface area contributed by atoms with Gasteiger partial charge in [-0.25, -0.2) is 0 Å². The molecule has 0 aliphatic carbocycles. The van der Waals surface area contributed by atoms with Crippen molar-refractivity contribution in [2.45, 2.75) is 78.3 Å². The Balaban J connectivity index is 1.27. The number of unbranched alkanes of at least 4 members (excludes halogenated alkanes) is 6. The maximum atomic E-state index is 10.5. The average Bonchev–Trinajstić information content (AvgIpc) is 3.01. The van der Waals surface area contributed by atoms with E-state index in [-0.39, 0.29) is 11.5 Å². The van der Waals surface area contributed by atoms with Gasteiger partial charge in [-0.2, -0.15) is 0 Å². The Labute approximate surface area is 252 Å². The lowest BCUT2D eigenvalue weighted by Gasteiger charge is -2.20. The number of rotatable bonds is 21. The fourth-order valence-electron chi connectivity index (χ4n) is 4.95. The van der Waals surface area contributed by atoms with Gasteiger partial charge in [-0.15, -0.1) is 0 Å². The predicted octanol–water partition coefficient (Wildman–Crippen LogP) is 7.17. The molecule has 0 aliphatic rings. The lowest BCUT2D eigenvalue weighted by molar-refractivity contribution is 0.272. The Morgan fingerprint density at radius 2 is 1.26 bits per heavy atom. The largest absolute Gasteiger partial charge is 0.506 e. The van der Waals surface area contributed by atoms with Crippen LogP contribution in [0.3, 0.4) is 0 Å². The molecule has 0 atom stereocenters. The van der Waals surface area contributed by atoms with Gasteiger partial charge in [0.2, 0.25) is 0 Å². The van der Waals surface area contributed by atoms with Gasteiger partial charge in [-0.1, -0.05) is 33.1 Å². The fraction of sp³-hybridized carbons (Fsp3) is 0.500. The maximum Gasteiger partial charge on any atom is 0.143 e. The van der Waals surface area contributed by atoms with E-state index in [1.54, 1.807) is 6.07 Å². The van der Waals surface area contributed by atoms with Crippen molar-refractivity contribution in [3.05, 3.63) is 72.3 Å². The highest BCUT2D eigenvalue weighted by molar-refractivity contribution is 5.72. The number of pyridine rings is 2. The van der Waals surface area contributed by atoms with Crippen LogP contribution in [0.15, 0.2) is 66.2 Å². The lowest BCUT2D eigenvalue weighted by Crippen LogP contribution is -2.24. The van der Waals surface area contributed by atoms with Crippen molar-refractivity contribution in [3.8, 4) is 11.5 Å². The first-order chi connectivity index (χ1) is 20.6. The number of anilines is 1. The van der Waals surface area contributed by atoms with Crippen LogP contribution >= 0.6 is 0 Å². The summed E-state index contributed by atoms with van der Waals surface area (Å²) in [6, 6.07) is 11.4. The molecular weight excluding hydrogens is 524 g/mol. The smallest absolute Gasteiger partial charge is 0.143 e. The molecule has 0 amide bonds. The van der Waals surface area contributed by atoms with Crippen molar-refractivity contribution in [2.24, 2.45) is 4.99 Å². The normalized spacial score (nSPS) is 11.6. The minimum atomic E-state index is 0.0788. The van der Waals surface area contributed by atoms with Crippen LogP contribution in [0.5, 0.6) is 11.5 Å². The molecule has 0 fully saturated rings. The number of nitrogens with zero attached hydrogens (tertiary/aromatic N) is 5. The second kappa shape index (κ2) is 19.6. The van der Waals surface area contributed by atoms with E-state index in [9.17, 15) is 10.2 Å². The quantitative estimate of drug-likeness (QED) is 0.0537. The van der Waals surface area contributed by atoms with Crippen molar-refractivity contribution in [2.75, 3.05) is 38.0 Å². The summed E-state index contributed by atoms with van der Waals surface area (Å²) in [6.45, 7) is 11.3. The molecule has 0 aliphatic heterocycles. The summed E-state index contributed by atoms with van der Waals surface area (Å²) in [7, 11) is 0. The van der Waals surface area contributed by atoms with Crippen molar-refractivity contribution >= 4 is 17.6 Å². The van der Waals surface area contributed by atoms with Crippen molar-refractivity contribution < 1.29 is 10.2 Å². The summed E-state index contributed by atoms with van der Waals surface area (Å²) >= 11 is 0. The number of aliphatic imine (C=N–C) groups is 1. The van der Waals surface area contributed by atoms with E-state index in [1.165, 1.54) is 30.0 Å². The number of phenols is 2. The van der Waals surface area contributed by atoms with Crippen LogP contribution in [-0.4, -0.2) is 68.9 Å². The van der Waals surface area contributed by atoms with E-state index in [1.807, 2.05) is 31.0 Å². The van der Waals surface area contributed by atoms with Gasteiger partial charge in [0, 0.05) is 62.8 Å². The summed E-state index contributed by atoms with van der Waals surface area (Å²) in [4.78, 5) is 17.5. The Morgan fingerprint density at radius 1 is 0.714 bits per heavy atom. The fourth-order valence-corrected chi connectivity index (χ4v) is 4.95. The Morgan fingerprint density at radius 3 is 1.83 bits per heavy atom. The summed E-state index contributed by atoms with van der Waals surface area (Å²) in [5.74, 6) is 0.193. The van der Waals surface area contributed by atoms with E-state index in [0.717, 1.165) is 84.3 Å². The van der Waals surface area contributed by atoms with Crippen LogP contribution in [0, 0.1) is 0 Å². The summed E-state index contributed by atoms with van der Waals surface area (Å²) < 4.78 is 0. The molecule has 3 aromatic rings. The van der Waals surface area contributed by atoms with Gasteiger partial charge in [-0.3, -0.25) is 24.8 Å². The van der Waals surface area contributed by atoms with E-state index in [2.05, 4.69) is 68.2 Å². The van der Waals surface area contributed by atoms with Crippen LogP contribution < -0.4 is 5.32 Å². The first kappa shape index (κ1) is 33.0. The molecule has 0 bridgehead atoms. The second-order valence-corrected chi connectivity index (χ2v) is 10.8. The molecule has 3 N–H and O–H groups in total. The molecule has 0 unspecified atom stereocenters. The van der Waals surface area contributed by atoms with E-state index >= 15 is 0 Å². The zero-order valence-corrected chi connectivity index (χ0v) is 25.6. The molecule has 0 saturated heterocycles. The minimum Gasteiger partial charge on any atom is -0.506 e. The Bertz CT molecular complexity index is 1160. The number of aromatic nitrogens is 2. The van der Waals surface area contributed by atoms with Crippen LogP contribution in [0.1, 0.15) is 76.3 Å². The van der Waals surface area contributed by atoms with E-state index in [0.29, 0.717) is 11.4 Å². The molecule has 0 spiro atoms. The molecule has 0 saturated carbocycles. The molecule has 0 radical (unpaired) electrons. The third-order valence-electron chi connectivity index (χ3n) is 7.55. The second-order valence-electron chi connectivity index (χ2n) is 10.8. The molecule has 228 valence electrons. The molecule has 8 heteroatoms. The lowest BCUT2D eigenvalue weighted by atomic mass is 10.1. The number of benzene rings is 1. The maximum absolute atomic E-state index is 10.5. The standard InChI is InChI=1S/C34H50N6O2/c1-3-39(27-29-13-19-35-20-14-29)23-11-7-5-9-17-37-31-25-34(42)32(26-33(31)41)38-18-10-6-8-12-24-40(4-2)28-30-15-21-36-22-16-30/h13-17,19-22,25-26,38,41-42H,3-12,18,23-24,27-28H2,1-2H3. The topological polar surface area (TPSA) is 97.1 Å². The zero-order chi connectivity index (χ0) is 29.8. The minimum absolute atomic E-state index is 0.0788. The van der Waals surface area contributed by atoms with Gasteiger partial charge in [0.25, 0.3) is 0 Å². The SMILES string of the molecule is CCN(CCCCCC=Nc1cc(O)c(NCCCCCCN(CC)Cc2ccncc2)cc1O)Cc1ccncc1. The predicted molar refractivity (Wildman–Crippen MR) is 174 cm³/mol. The highest BCUT2D eigenvalue weighted by atomic mass is 16.3. The molecule has 1 aromatic carbocycles. The number of hydrogen-bond acceptors (Lipinski definition) is 8. The molecule has 3 rings (SSSR count).